The van der Waals surface area contributed by atoms with Crippen molar-refractivity contribution < 1.29 is 4.90 Å². The zero-order valence-electron chi connectivity index (χ0n) is 18.8. The van der Waals surface area contributed by atoms with Crippen LogP contribution in [0, 0.1) is 0 Å². The molecular weight excluding hydrogens is 406 g/mol. The molecule has 3 aromatic rings. The summed E-state index contributed by atoms with van der Waals surface area (Å²) in [6.45, 7) is 8.46. The molecular formula is C25H34N3O2S+. The topological polar surface area (TPSA) is 48.4 Å². The Bertz CT molecular complexity index is 1140. The Kier molecular flexibility index (Phi) is 7.08. The van der Waals surface area contributed by atoms with Crippen LogP contribution >= 0.6 is 11.3 Å². The van der Waals surface area contributed by atoms with Gasteiger partial charge in [-0.15, -0.1) is 11.3 Å². The summed E-state index contributed by atoms with van der Waals surface area (Å²) in [7, 11) is 0. The van der Waals surface area contributed by atoms with Gasteiger partial charge in [0.05, 0.1) is 31.6 Å². The number of nitrogens with zero attached hydrogens (tertiary/aromatic N) is 2. The number of thiophene rings is 1. The number of likely N-dealkylation sites (N-methyl/N-ethyl adjacent to an activating group) is 1. The van der Waals surface area contributed by atoms with E-state index in [9.17, 15) is 9.59 Å². The van der Waals surface area contributed by atoms with Crippen molar-refractivity contribution in [1.82, 2.24) is 9.13 Å². The van der Waals surface area contributed by atoms with Crippen LogP contribution in [0.4, 0.5) is 0 Å². The zero-order chi connectivity index (χ0) is 21.8. The third-order valence-corrected chi connectivity index (χ3v) is 8.04. The lowest BCUT2D eigenvalue weighted by Gasteiger charge is -2.17. The van der Waals surface area contributed by atoms with Crippen molar-refractivity contribution >= 4 is 21.6 Å². The smallest absolute Gasteiger partial charge is 0.332 e. The zero-order valence-corrected chi connectivity index (χ0v) is 19.6. The quantitative estimate of drug-likeness (QED) is 0.548. The second-order valence-corrected chi connectivity index (χ2v) is 9.66. The summed E-state index contributed by atoms with van der Waals surface area (Å²) in [5.41, 5.74) is 2.15. The molecule has 2 aromatic heterocycles. The summed E-state index contributed by atoms with van der Waals surface area (Å²) in [5, 5.41) is 0.823. The first kappa shape index (κ1) is 22.0. The van der Waals surface area contributed by atoms with Crippen LogP contribution in [0.25, 0.3) is 10.2 Å². The normalized spacial score (nSPS) is 14.2. The highest BCUT2D eigenvalue weighted by Crippen LogP contribution is 2.33. The fourth-order valence-corrected chi connectivity index (χ4v) is 6.15. The predicted molar refractivity (Wildman–Crippen MR) is 129 cm³/mol. The van der Waals surface area contributed by atoms with Crippen LogP contribution in [-0.2, 0) is 32.4 Å². The van der Waals surface area contributed by atoms with Gasteiger partial charge < -0.3 is 4.90 Å². The van der Waals surface area contributed by atoms with E-state index in [-0.39, 0.29) is 11.2 Å². The molecule has 0 radical (unpaired) electrons. The number of quaternary nitrogens is 1. The largest absolute Gasteiger partial charge is 0.334 e. The van der Waals surface area contributed by atoms with E-state index in [1.165, 1.54) is 32.7 Å². The van der Waals surface area contributed by atoms with Crippen LogP contribution in [0.5, 0.6) is 0 Å². The van der Waals surface area contributed by atoms with E-state index in [1.54, 1.807) is 11.3 Å². The van der Waals surface area contributed by atoms with Crippen molar-refractivity contribution in [2.75, 3.05) is 19.6 Å². The molecule has 31 heavy (non-hydrogen) atoms. The second-order valence-electron chi connectivity index (χ2n) is 8.58. The molecule has 1 aliphatic rings. The van der Waals surface area contributed by atoms with Gasteiger partial charge in [0.1, 0.15) is 4.83 Å². The van der Waals surface area contributed by atoms with E-state index in [4.69, 9.17) is 0 Å². The molecule has 0 fully saturated rings. The molecule has 1 N–H and O–H groups in total. The third-order valence-electron chi connectivity index (χ3n) is 6.72. The van der Waals surface area contributed by atoms with Crippen LogP contribution < -0.4 is 16.1 Å². The number of aromatic nitrogens is 2. The molecule has 0 saturated heterocycles. The Morgan fingerprint density at radius 2 is 1.68 bits per heavy atom. The van der Waals surface area contributed by atoms with E-state index in [0.29, 0.717) is 19.5 Å². The molecule has 0 amide bonds. The Balaban J connectivity index is 1.81. The van der Waals surface area contributed by atoms with Crippen LogP contribution in [0.3, 0.4) is 0 Å². The van der Waals surface area contributed by atoms with E-state index < -0.39 is 0 Å². The van der Waals surface area contributed by atoms with Crippen LogP contribution in [0.15, 0.2) is 39.9 Å². The fraction of sp³-hybridized carbons (Fsp3) is 0.520. The molecule has 0 unspecified atom stereocenters. The minimum absolute atomic E-state index is 0.0817. The van der Waals surface area contributed by atoms with Crippen molar-refractivity contribution in [3.8, 4) is 0 Å². The molecule has 1 aliphatic carbocycles. The number of nitrogens with one attached hydrogen (secondary N) is 1. The lowest BCUT2D eigenvalue weighted by Crippen LogP contribution is -3.11. The van der Waals surface area contributed by atoms with Crippen molar-refractivity contribution in [2.45, 2.75) is 65.5 Å². The maximum absolute atomic E-state index is 13.6. The highest BCUT2D eigenvalue weighted by atomic mass is 32.1. The van der Waals surface area contributed by atoms with Crippen molar-refractivity contribution in [3.63, 3.8) is 0 Å². The molecule has 166 valence electrons. The van der Waals surface area contributed by atoms with Gasteiger partial charge in [-0.25, -0.2) is 4.79 Å². The Labute approximate surface area is 187 Å². The van der Waals surface area contributed by atoms with Gasteiger partial charge in [0.15, 0.2) is 0 Å². The SMILES string of the molecule is CC[NH+](CC)CCn1c(=O)n(CCc2ccccc2)c(=O)c2c3c(sc21)CCCCC3. The molecule has 0 atom stereocenters. The summed E-state index contributed by atoms with van der Waals surface area (Å²) in [4.78, 5) is 30.8. The Morgan fingerprint density at radius 1 is 0.935 bits per heavy atom. The van der Waals surface area contributed by atoms with Gasteiger partial charge in [-0.3, -0.25) is 13.9 Å². The van der Waals surface area contributed by atoms with Gasteiger partial charge in [-0.1, -0.05) is 36.8 Å². The fourth-order valence-electron chi connectivity index (χ4n) is 4.75. The van der Waals surface area contributed by atoms with Gasteiger partial charge in [-0.2, -0.15) is 0 Å². The number of benzene rings is 1. The minimum Gasteiger partial charge on any atom is -0.334 e. The first-order valence-electron chi connectivity index (χ1n) is 11.8. The Morgan fingerprint density at radius 3 is 2.42 bits per heavy atom. The summed E-state index contributed by atoms with van der Waals surface area (Å²) in [6, 6.07) is 10.1. The molecule has 4 rings (SSSR count). The summed E-state index contributed by atoms with van der Waals surface area (Å²) in [5.74, 6) is 0. The lowest BCUT2D eigenvalue weighted by atomic mass is 10.1. The van der Waals surface area contributed by atoms with E-state index in [1.807, 2.05) is 22.8 Å². The standard InChI is InChI=1S/C25H33N3O2S/c1-3-26(4-2)17-18-28-24-22(20-13-9-6-10-14-21(20)31-24)23(29)27(25(28)30)16-15-19-11-7-5-8-12-19/h5,7-8,11-12H,3-4,6,9-10,13-18H2,1-2H3/p+1. The lowest BCUT2D eigenvalue weighted by molar-refractivity contribution is -0.897. The maximum atomic E-state index is 13.6. The van der Waals surface area contributed by atoms with E-state index in [0.717, 1.165) is 54.7 Å². The number of fused-ring (bicyclic) bond motifs is 3. The number of hydrogen-bond donors (Lipinski definition) is 1. The van der Waals surface area contributed by atoms with E-state index in [2.05, 4.69) is 26.0 Å². The van der Waals surface area contributed by atoms with Gasteiger partial charge >= 0.3 is 5.69 Å². The average Bonchev–Trinajstić information content (AvgIpc) is 2.99. The first-order chi connectivity index (χ1) is 15.1. The monoisotopic (exact) mass is 440 g/mol. The maximum Gasteiger partial charge on any atom is 0.332 e. The number of hydrogen-bond acceptors (Lipinski definition) is 3. The molecule has 0 saturated carbocycles. The van der Waals surface area contributed by atoms with Crippen LogP contribution in [-0.4, -0.2) is 28.8 Å². The van der Waals surface area contributed by atoms with Crippen molar-refractivity contribution in [2.24, 2.45) is 0 Å². The summed E-state index contributed by atoms with van der Waals surface area (Å²) in [6.07, 6.45) is 6.21. The first-order valence-corrected chi connectivity index (χ1v) is 12.6. The molecule has 0 spiro atoms. The van der Waals surface area contributed by atoms with Gasteiger partial charge in [0, 0.05) is 11.4 Å². The molecule has 1 aromatic carbocycles. The molecule has 0 aliphatic heterocycles. The molecule has 2 heterocycles. The van der Waals surface area contributed by atoms with Crippen molar-refractivity contribution in [1.29, 1.82) is 0 Å². The van der Waals surface area contributed by atoms with Crippen LogP contribution in [0.1, 0.15) is 49.1 Å². The van der Waals surface area contributed by atoms with Gasteiger partial charge in [0.25, 0.3) is 5.56 Å². The number of aryl methyl sites for hydroxylation is 3. The highest BCUT2D eigenvalue weighted by Gasteiger charge is 2.23. The van der Waals surface area contributed by atoms with Crippen LogP contribution in [0.2, 0.25) is 0 Å². The van der Waals surface area contributed by atoms with Crippen molar-refractivity contribution in [3.05, 3.63) is 67.2 Å². The van der Waals surface area contributed by atoms with Gasteiger partial charge in [0.2, 0.25) is 0 Å². The molecule has 5 nitrogen and oxygen atoms in total. The average molecular weight is 441 g/mol. The third kappa shape index (κ3) is 4.55. The number of rotatable bonds is 8. The molecule has 6 heteroatoms. The molecule has 0 bridgehead atoms. The summed E-state index contributed by atoms with van der Waals surface area (Å²) < 4.78 is 3.41. The predicted octanol–water partition coefficient (Wildman–Crippen LogP) is 2.66. The summed E-state index contributed by atoms with van der Waals surface area (Å²) >= 11 is 1.70. The Hall–Kier alpha value is -2.18. The highest BCUT2D eigenvalue weighted by molar-refractivity contribution is 7.18. The minimum atomic E-state index is -0.142. The second kappa shape index (κ2) is 9.96. The van der Waals surface area contributed by atoms with E-state index >= 15 is 0 Å². The van der Waals surface area contributed by atoms with Gasteiger partial charge in [-0.05, 0) is 57.1 Å².